The third-order valence-electron chi connectivity index (χ3n) is 3.10. The first-order valence-corrected chi connectivity index (χ1v) is 7.57. The number of aromatic nitrogens is 2. The highest BCUT2D eigenvalue weighted by molar-refractivity contribution is 7.92. The largest absolute Gasteiger partial charge is 0.334 e. The lowest BCUT2D eigenvalue weighted by molar-refractivity contribution is -0.116. The molecular formula is C12H11FN4O3S. The molecule has 0 spiro atoms. The highest BCUT2D eigenvalue weighted by Gasteiger charge is 2.21. The molecule has 7 nitrogen and oxygen atoms in total. The predicted molar refractivity (Wildman–Crippen MR) is 72.7 cm³/mol. The maximum absolute atomic E-state index is 14.0. The number of carbonyl (C=O) groups excluding carboxylic acids is 1. The average Bonchev–Trinajstić information content (AvgIpc) is 2.94. The van der Waals surface area contributed by atoms with Crippen molar-refractivity contribution >= 4 is 27.3 Å². The molecule has 9 heteroatoms. The molecule has 0 aliphatic carbocycles. The predicted octanol–water partition coefficient (Wildman–Crippen LogP) is 1.23. The van der Waals surface area contributed by atoms with Crippen LogP contribution in [0.25, 0.3) is 0 Å². The van der Waals surface area contributed by atoms with Crippen molar-refractivity contribution in [1.29, 1.82) is 0 Å². The van der Waals surface area contributed by atoms with Gasteiger partial charge in [-0.2, -0.15) is 8.42 Å². The summed E-state index contributed by atoms with van der Waals surface area (Å²) in [5.41, 5.74) is 0.817. The minimum atomic E-state index is -3.95. The molecule has 1 aromatic heterocycles. The minimum Gasteiger partial charge on any atom is -0.334 e. The van der Waals surface area contributed by atoms with Crippen molar-refractivity contribution < 1.29 is 17.6 Å². The number of hydrogen-bond acceptors (Lipinski definition) is 4. The second kappa shape index (κ2) is 4.85. The van der Waals surface area contributed by atoms with E-state index in [9.17, 15) is 17.6 Å². The van der Waals surface area contributed by atoms with Crippen LogP contribution in [0.4, 0.5) is 15.8 Å². The summed E-state index contributed by atoms with van der Waals surface area (Å²) in [7, 11) is -3.95. The molecule has 1 aliphatic heterocycles. The van der Waals surface area contributed by atoms with Crippen LogP contribution in [0.15, 0.2) is 29.7 Å². The van der Waals surface area contributed by atoms with E-state index in [2.05, 4.69) is 20.0 Å². The number of aryl methyl sites for hydroxylation is 1. The van der Waals surface area contributed by atoms with Crippen LogP contribution in [0.5, 0.6) is 0 Å². The van der Waals surface area contributed by atoms with Gasteiger partial charge in [-0.05, 0) is 24.1 Å². The van der Waals surface area contributed by atoms with Gasteiger partial charge < -0.3 is 10.3 Å². The van der Waals surface area contributed by atoms with Gasteiger partial charge in [0, 0.05) is 12.1 Å². The van der Waals surface area contributed by atoms with E-state index in [1.807, 2.05) is 0 Å². The summed E-state index contributed by atoms with van der Waals surface area (Å²) in [5, 5.41) is 2.41. The van der Waals surface area contributed by atoms with Gasteiger partial charge >= 0.3 is 0 Å². The summed E-state index contributed by atoms with van der Waals surface area (Å²) >= 11 is 0. The summed E-state index contributed by atoms with van der Waals surface area (Å²) in [4.78, 5) is 17.4. The summed E-state index contributed by atoms with van der Waals surface area (Å²) in [5.74, 6) is -0.885. The zero-order valence-corrected chi connectivity index (χ0v) is 11.5. The number of aromatic amines is 1. The van der Waals surface area contributed by atoms with Crippen LogP contribution in [0.2, 0.25) is 0 Å². The Hall–Kier alpha value is -2.42. The van der Waals surface area contributed by atoms with E-state index in [0.717, 1.165) is 6.20 Å². The van der Waals surface area contributed by atoms with Gasteiger partial charge in [-0.3, -0.25) is 9.52 Å². The van der Waals surface area contributed by atoms with Gasteiger partial charge in [0.05, 0.1) is 18.2 Å². The van der Waals surface area contributed by atoms with Gasteiger partial charge in [0.25, 0.3) is 10.0 Å². The quantitative estimate of drug-likeness (QED) is 0.793. The maximum Gasteiger partial charge on any atom is 0.279 e. The molecule has 0 radical (unpaired) electrons. The molecule has 1 aliphatic rings. The molecule has 0 atom stereocenters. The van der Waals surface area contributed by atoms with Gasteiger partial charge in [-0.1, -0.05) is 0 Å². The van der Waals surface area contributed by atoms with E-state index < -0.39 is 15.8 Å². The number of carbonyl (C=O) groups is 1. The zero-order chi connectivity index (χ0) is 15.0. The number of halogens is 1. The molecule has 0 saturated heterocycles. The van der Waals surface area contributed by atoms with E-state index in [-0.39, 0.29) is 23.0 Å². The normalized spacial score (nSPS) is 14.4. The van der Waals surface area contributed by atoms with Gasteiger partial charge in [0.2, 0.25) is 5.91 Å². The second-order valence-corrected chi connectivity index (χ2v) is 6.21. The number of benzene rings is 1. The highest BCUT2D eigenvalue weighted by Crippen LogP contribution is 2.29. The third-order valence-corrected chi connectivity index (χ3v) is 4.39. The summed E-state index contributed by atoms with van der Waals surface area (Å²) in [6.07, 6.45) is 3.02. The molecule has 1 aromatic carbocycles. The Morgan fingerprint density at radius 2 is 2.10 bits per heavy atom. The lowest BCUT2D eigenvalue weighted by atomic mass is 10.0. The molecular weight excluding hydrogens is 299 g/mol. The molecule has 0 unspecified atom stereocenters. The minimum absolute atomic E-state index is 0.177. The molecule has 0 saturated carbocycles. The molecule has 21 heavy (non-hydrogen) atoms. The van der Waals surface area contributed by atoms with Gasteiger partial charge in [0.15, 0.2) is 5.03 Å². The number of nitrogens with zero attached hydrogens (tertiary/aromatic N) is 1. The summed E-state index contributed by atoms with van der Waals surface area (Å²) in [6, 6.07) is 2.50. The molecule has 3 rings (SSSR count). The Bertz CT molecular complexity index is 802. The van der Waals surface area contributed by atoms with Crippen LogP contribution in [0, 0.1) is 5.82 Å². The number of fused-ring (bicyclic) bond motifs is 1. The fourth-order valence-corrected chi connectivity index (χ4v) is 3.03. The fourth-order valence-electron chi connectivity index (χ4n) is 2.07. The Balaban J connectivity index is 1.96. The van der Waals surface area contributed by atoms with Crippen molar-refractivity contribution in [2.45, 2.75) is 17.9 Å². The number of rotatable bonds is 3. The standard InChI is InChI=1S/C12H11FN4O3S/c13-8-3-7-1-2-11(18)16-9(7)4-10(8)17-21(19,20)12-5-14-6-15-12/h3-6,17H,1-2H2,(H,14,15)(H,16,18). The van der Waals surface area contributed by atoms with Crippen LogP contribution in [0.3, 0.4) is 0 Å². The van der Waals surface area contributed by atoms with E-state index >= 15 is 0 Å². The van der Waals surface area contributed by atoms with Crippen LogP contribution >= 0.6 is 0 Å². The maximum atomic E-state index is 14.0. The van der Waals surface area contributed by atoms with E-state index in [1.165, 1.54) is 18.5 Å². The molecule has 2 aromatic rings. The molecule has 110 valence electrons. The summed E-state index contributed by atoms with van der Waals surface area (Å²) < 4.78 is 40.1. The molecule has 3 N–H and O–H groups in total. The van der Waals surface area contributed by atoms with Crippen LogP contribution in [-0.4, -0.2) is 24.3 Å². The lowest BCUT2D eigenvalue weighted by Gasteiger charge is -2.18. The topological polar surface area (TPSA) is 104 Å². The number of hydrogen-bond donors (Lipinski definition) is 3. The van der Waals surface area contributed by atoms with Crippen LogP contribution < -0.4 is 10.0 Å². The number of H-pyrrole nitrogens is 1. The lowest BCUT2D eigenvalue weighted by Crippen LogP contribution is -2.20. The first-order chi connectivity index (χ1) is 9.95. The second-order valence-electron chi connectivity index (χ2n) is 4.56. The Kier molecular flexibility index (Phi) is 3.13. The molecule has 1 amide bonds. The van der Waals surface area contributed by atoms with Gasteiger partial charge in [0.1, 0.15) is 5.82 Å². The van der Waals surface area contributed by atoms with Crippen molar-refractivity contribution in [3.63, 3.8) is 0 Å². The molecule has 0 bridgehead atoms. The van der Waals surface area contributed by atoms with Crippen molar-refractivity contribution in [2.24, 2.45) is 0 Å². The molecule has 0 fully saturated rings. The average molecular weight is 310 g/mol. The van der Waals surface area contributed by atoms with Crippen LogP contribution in [0.1, 0.15) is 12.0 Å². The van der Waals surface area contributed by atoms with Crippen molar-refractivity contribution in [3.8, 4) is 0 Å². The fraction of sp³-hybridized carbons (Fsp3) is 0.167. The summed E-state index contributed by atoms with van der Waals surface area (Å²) in [6.45, 7) is 0. The Labute approximate surface area is 119 Å². The van der Waals surface area contributed by atoms with E-state index in [1.54, 1.807) is 0 Å². The first kappa shape index (κ1) is 13.6. The number of nitrogens with one attached hydrogen (secondary N) is 3. The van der Waals surface area contributed by atoms with Gasteiger partial charge in [-0.15, -0.1) is 0 Å². The third kappa shape index (κ3) is 2.59. The smallest absolute Gasteiger partial charge is 0.279 e. The highest BCUT2D eigenvalue weighted by atomic mass is 32.2. The van der Waals surface area contributed by atoms with E-state index in [4.69, 9.17) is 0 Å². The van der Waals surface area contributed by atoms with Crippen molar-refractivity contribution in [1.82, 2.24) is 9.97 Å². The number of anilines is 2. The monoisotopic (exact) mass is 310 g/mol. The van der Waals surface area contributed by atoms with E-state index in [0.29, 0.717) is 17.7 Å². The van der Waals surface area contributed by atoms with Crippen molar-refractivity contribution in [2.75, 3.05) is 10.0 Å². The Morgan fingerprint density at radius 3 is 2.81 bits per heavy atom. The van der Waals surface area contributed by atoms with Gasteiger partial charge in [-0.25, -0.2) is 9.37 Å². The number of amides is 1. The zero-order valence-electron chi connectivity index (χ0n) is 10.7. The molecule has 2 heterocycles. The first-order valence-electron chi connectivity index (χ1n) is 6.09. The Morgan fingerprint density at radius 1 is 1.29 bits per heavy atom. The van der Waals surface area contributed by atoms with Crippen LogP contribution in [-0.2, 0) is 21.2 Å². The SMILES string of the molecule is O=C1CCc2cc(F)c(NS(=O)(=O)c3cnc[nH]3)cc2N1. The number of sulfonamides is 1. The van der Waals surface area contributed by atoms with Crippen molar-refractivity contribution in [3.05, 3.63) is 36.0 Å². The number of imidazole rings is 1.